The summed E-state index contributed by atoms with van der Waals surface area (Å²) in [6.07, 6.45) is 7.36. The van der Waals surface area contributed by atoms with Crippen LogP contribution in [0.25, 0.3) is 0 Å². The lowest BCUT2D eigenvalue weighted by molar-refractivity contribution is 0.00578. The monoisotopic (exact) mass is 245 g/mol. The number of hydrogen-bond acceptors (Lipinski definition) is 2. The van der Waals surface area contributed by atoms with Gasteiger partial charge in [0, 0.05) is 24.1 Å². The molecule has 0 bridgehead atoms. The van der Waals surface area contributed by atoms with Gasteiger partial charge >= 0.3 is 7.12 Å². The highest BCUT2D eigenvalue weighted by atomic mass is 16.7. The minimum absolute atomic E-state index is 0.193. The van der Waals surface area contributed by atoms with E-state index in [0.717, 1.165) is 6.42 Å². The van der Waals surface area contributed by atoms with E-state index in [4.69, 9.17) is 9.31 Å². The third-order valence-electron chi connectivity index (χ3n) is 4.46. The minimum atomic E-state index is -0.264. The highest BCUT2D eigenvalue weighted by Crippen LogP contribution is 2.42. The van der Waals surface area contributed by atoms with E-state index >= 15 is 0 Å². The second-order valence-corrected chi connectivity index (χ2v) is 6.19. The maximum absolute atomic E-state index is 6.14. The Morgan fingerprint density at radius 2 is 1.89 bits per heavy atom. The van der Waals surface area contributed by atoms with Crippen molar-refractivity contribution in [2.24, 2.45) is 0 Å². The number of fused-ring (bicyclic) bond motifs is 1. The molecule has 1 N–H and O–H groups in total. The molecule has 4 heteroatoms. The molecule has 1 aliphatic heterocycles. The van der Waals surface area contributed by atoms with Crippen LogP contribution in [-0.2, 0) is 15.7 Å². The van der Waals surface area contributed by atoms with Gasteiger partial charge in [0.1, 0.15) is 0 Å². The molecule has 0 spiro atoms. The first-order chi connectivity index (χ1) is 8.41. The molecule has 1 aliphatic carbocycles. The van der Waals surface area contributed by atoms with Gasteiger partial charge in [0.2, 0.25) is 0 Å². The fourth-order valence-corrected chi connectivity index (χ4v) is 2.61. The number of H-pyrrole nitrogens is 1. The summed E-state index contributed by atoms with van der Waals surface area (Å²) in [5.41, 5.74) is 2.05. The normalized spacial score (nSPS) is 28.4. The van der Waals surface area contributed by atoms with Crippen molar-refractivity contribution in [1.82, 2.24) is 4.98 Å². The van der Waals surface area contributed by atoms with Crippen LogP contribution in [0.3, 0.4) is 0 Å². The molecule has 3 rings (SSSR count). The maximum Gasteiger partial charge on any atom is 0.469 e. The van der Waals surface area contributed by atoms with E-state index in [9.17, 15) is 0 Å². The van der Waals surface area contributed by atoms with Crippen LogP contribution < -0.4 is 0 Å². The van der Waals surface area contributed by atoms with Crippen LogP contribution in [0.2, 0.25) is 0 Å². The van der Waals surface area contributed by atoms with Crippen molar-refractivity contribution >= 4 is 7.12 Å². The van der Waals surface area contributed by atoms with Gasteiger partial charge in [0.15, 0.2) is 0 Å². The van der Waals surface area contributed by atoms with Gasteiger partial charge in [-0.1, -0.05) is 12.2 Å². The first kappa shape index (κ1) is 12.1. The summed E-state index contributed by atoms with van der Waals surface area (Å²) in [6, 6.07) is 2.13. The van der Waals surface area contributed by atoms with Crippen molar-refractivity contribution in [1.29, 1.82) is 0 Å². The molecule has 0 radical (unpaired) electrons. The third-order valence-corrected chi connectivity index (χ3v) is 4.46. The lowest BCUT2D eigenvalue weighted by Gasteiger charge is -2.32. The Morgan fingerprint density at radius 3 is 2.56 bits per heavy atom. The summed E-state index contributed by atoms with van der Waals surface area (Å²) >= 11 is 0. The first-order valence-electron chi connectivity index (χ1n) is 6.59. The largest absolute Gasteiger partial charge is 0.469 e. The number of aromatic amines is 1. The van der Waals surface area contributed by atoms with Crippen LogP contribution in [0.4, 0.5) is 0 Å². The van der Waals surface area contributed by atoms with E-state index in [1.54, 1.807) is 0 Å². The van der Waals surface area contributed by atoms with E-state index in [1.807, 2.05) is 6.20 Å². The first-order valence-corrected chi connectivity index (χ1v) is 6.59. The van der Waals surface area contributed by atoms with Crippen molar-refractivity contribution in [3.8, 4) is 0 Å². The van der Waals surface area contributed by atoms with E-state index < -0.39 is 0 Å². The van der Waals surface area contributed by atoms with Crippen molar-refractivity contribution in [2.75, 3.05) is 0 Å². The van der Waals surface area contributed by atoms with Gasteiger partial charge in [-0.25, -0.2) is 0 Å². The summed E-state index contributed by atoms with van der Waals surface area (Å²) in [5, 5.41) is 0. The zero-order valence-electron chi connectivity index (χ0n) is 11.5. The molecule has 1 aromatic rings. The lowest BCUT2D eigenvalue weighted by atomic mass is 9.66. The Balaban J connectivity index is 1.90. The Labute approximate surface area is 109 Å². The van der Waals surface area contributed by atoms with Gasteiger partial charge in [-0.15, -0.1) is 0 Å². The van der Waals surface area contributed by atoms with Gasteiger partial charge in [-0.2, -0.15) is 0 Å². The molecular weight excluding hydrogens is 225 g/mol. The molecule has 1 atom stereocenters. The number of rotatable bonds is 1. The summed E-state index contributed by atoms with van der Waals surface area (Å²) in [4.78, 5) is 3.29. The van der Waals surface area contributed by atoms with E-state index in [0.29, 0.717) is 0 Å². The third kappa shape index (κ3) is 1.67. The Bertz CT molecular complexity index is 474. The highest BCUT2D eigenvalue weighted by molar-refractivity contribution is 6.48. The van der Waals surface area contributed by atoms with Crippen molar-refractivity contribution in [3.63, 3.8) is 0 Å². The molecular formula is C14H20BNO2. The average Bonchev–Trinajstić information content (AvgIpc) is 2.81. The number of aromatic nitrogens is 1. The SMILES string of the molecule is CC1(C)OB(C2C=CCc3[nH]ccc32)OC1(C)C. The van der Waals surface area contributed by atoms with Gasteiger partial charge in [0.25, 0.3) is 0 Å². The van der Waals surface area contributed by atoms with Gasteiger partial charge in [-0.05, 0) is 39.3 Å². The predicted molar refractivity (Wildman–Crippen MR) is 72.5 cm³/mol. The summed E-state index contributed by atoms with van der Waals surface area (Å²) in [6.45, 7) is 8.38. The number of hydrogen-bond donors (Lipinski definition) is 1. The fraction of sp³-hybridized carbons (Fsp3) is 0.571. The predicted octanol–water partition coefficient (Wildman–Crippen LogP) is 2.84. The Hall–Kier alpha value is -0.995. The second kappa shape index (κ2) is 3.75. The van der Waals surface area contributed by atoms with Crippen LogP contribution in [-0.4, -0.2) is 23.3 Å². The van der Waals surface area contributed by atoms with Crippen LogP contribution in [0, 0.1) is 0 Å². The van der Waals surface area contributed by atoms with Crippen molar-refractivity contribution < 1.29 is 9.31 Å². The van der Waals surface area contributed by atoms with Crippen LogP contribution >= 0.6 is 0 Å². The van der Waals surface area contributed by atoms with Gasteiger partial charge in [-0.3, -0.25) is 0 Å². The van der Waals surface area contributed by atoms with Gasteiger partial charge < -0.3 is 14.3 Å². The average molecular weight is 245 g/mol. The summed E-state index contributed by atoms with van der Waals surface area (Å²) < 4.78 is 12.3. The van der Waals surface area contributed by atoms with Gasteiger partial charge in [0.05, 0.1) is 11.2 Å². The minimum Gasteiger partial charge on any atom is -0.403 e. The van der Waals surface area contributed by atoms with E-state index in [1.165, 1.54) is 11.3 Å². The quantitative estimate of drug-likeness (QED) is 0.609. The highest BCUT2D eigenvalue weighted by Gasteiger charge is 2.54. The molecule has 1 fully saturated rings. The van der Waals surface area contributed by atoms with Crippen molar-refractivity contribution in [3.05, 3.63) is 35.7 Å². The van der Waals surface area contributed by atoms with E-state index in [-0.39, 0.29) is 24.1 Å². The smallest absolute Gasteiger partial charge is 0.403 e. The molecule has 3 nitrogen and oxygen atoms in total. The molecule has 1 saturated heterocycles. The molecule has 96 valence electrons. The standard InChI is InChI=1S/C14H20BNO2/c1-13(2)14(3,4)18-15(17-13)11-6-5-7-12-10(11)8-9-16-12/h5-6,8-9,11,16H,7H2,1-4H3. The molecule has 0 saturated carbocycles. The lowest BCUT2D eigenvalue weighted by Crippen LogP contribution is -2.41. The summed E-state index contributed by atoms with van der Waals surface area (Å²) in [7, 11) is -0.193. The molecule has 2 heterocycles. The molecule has 18 heavy (non-hydrogen) atoms. The van der Waals surface area contributed by atoms with Crippen LogP contribution in [0.15, 0.2) is 24.4 Å². The van der Waals surface area contributed by atoms with Crippen LogP contribution in [0.5, 0.6) is 0 Å². The zero-order chi connectivity index (χ0) is 13.0. The topological polar surface area (TPSA) is 34.2 Å². The molecule has 0 amide bonds. The molecule has 1 aromatic heterocycles. The van der Waals surface area contributed by atoms with Crippen LogP contribution in [0.1, 0.15) is 44.8 Å². The Morgan fingerprint density at radius 1 is 1.22 bits per heavy atom. The summed E-state index contributed by atoms with van der Waals surface area (Å²) in [5.74, 6) is 0.195. The second-order valence-electron chi connectivity index (χ2n) is 6.19. The van der Waals surface area contributed by atoms with Crippen molar-refractivity contribution in [2.45, 2.75) is 51.1 Å². The Kier molecular flexibility index (Phi) is 2.51. The zero-order valence-corrected chi connectivity index (χ0v) is 11.5. The molecule has 1 unspecified atom stereocenters. The fourth-order valence-electron chi connectivity index (χ4n) is 2.61. The molecule has 0 aromatic carbocycles. The molecule has 2 aliphatic rings. The number of nitrogens with one attached hydrogen (secondary N) is 1. The maximum atomic E-state index is 6.14. The number of allylic oxidation sites excluding steroid dienone is 2. The van der Waals surface area contributed by atoms with E-state index in [2.05, 4.69) is 50.9 Å².